The molecule has 2 rings (SSSR count). The van der Waals surface area contributed by atoms with Crippen LogP contribution in [0, 0.1) is 11.8 Å². The molecule has 104 valence electrons. The van der Waals surface area contributed by atoms with E-state index in [0.717, 1.165) is 31.8 Å². The van der Waals surface area contributed by atoms with Crippen LogP contribution in [0.3, 0.4) is 0 Å². The lowest BCUT2D eigenvalue weighted by Crippen LogP contribution is -2.55. The summed E-state index contributed by atoms with van der Waals surface area (Å²) in [5.41, 5.74) is -0.0435. The lowest BCUT2D eigenvalue weighted by Gasteiger charge is -2.50. The van der Waals surface area contributed by atoms with Crippen molar-refractivity contribution in [2.75, 3.05) is 13.1 Å². The van der Waals surface area contributed by atoms with Crippen LogP contribution in [0.2, 0.25) is 0 Å². The molecular weight excluding hydrogens is 226 g/mol. The molecule has 0 aromatic carbocycles. The fourth-order valence-corrected chi connectivity index (χ4v) is 3.89. The van der Waals surface area contributed by atoms with Crippen molar-refractivity contribution in [3.05, 3.63) is 0 Å². The number of rotatable bonds is 3. The van der Waals surface area contributed by atoms with Gasteiger partial charge in [0.2, 0.25) is 0 Å². The van der Waals surface area contributed by atoms with Gasteiger partial charge in [-0.05, 0) is 57.0 Å². The Bertz CT molecular complexity index is 299. The normalized spacial score (nSPS) is 38.6. The predicted octanol–water partition coefficient (Wildman–Crippen LogP) is 3.14. The van der Waals surface area contributed by atoms with Crippen LogP contribution in [0.15, 0.2) is 0 Å². The van der Waals surface area contributed by atoms with Crippen molar-refractivity contribution in [1.82, 2.24) is 4.90 Å². The van der Waals surface area contributed by atoms with Crippen LogP contribution in [0.25, 0.3) is 0 Å². The van der Waals surface area contributed by atoms with Gasteiger partial charge in [-0.15, -0.1) is 0 Å². The van der Waals surface area contributed by atoms with Gasteiger partial charge in [0.25, 0.3) is 0 Å². The second-order valence-electron chi connectivity index (χ2n) is 6.54. The summed E-state index contributed by atoms with van der Waals surface area (Å²) in [6.07, 6.45) is 7.46. The minimum atomic E-state index is -0.623. The average molecular weight is 253 g/mol. The van der Waals surface area contributed by atoms with Gasteiger partial charge >= 0.3 is 5.97 Å². The van der Waals surface area contributed by atoms with E-state index in [1.165, 1.54) is 25.7 Å². The number of aliphatic carboxylic acids is 1. The Morgan fingerprint density at radius 1 is 1.22 bits per heavy atom. The number of carbonyl (C=O) groups is 1. The molecule has 1 aliphatic carbocycles. The summed E-state index contributed by atoms with van der Waals surface area (Å²) < 4.78 is 0. The maximum Gasteiger partial charge on any atom is 0.305 e. The Morgan fingerprint density at radius 2 is 1.89 bits per heavy atom. The van der Waals surface area contributed by atoms with Crippen LogP contribution in [0.5, 0.6) is 0 Å². The zero-order valence-corrected chi connectivity index (χ0v) is 11.8. The summed E-state index contributed by atoms with van der Waals surface area (Å²) in [6, 6.07) is 0. The molecular formula is C15H27NO2. The van der Waals surface area contributed by atoms with E-state index in [2.05, 4.69) is 18.7 Å². The van der Waals surface area contributed by atoms with Gasteiger partial charge in [-0.25, -0.2) is 0 Å². The second-order valence-corrected chi connectivity index (χ2v) is 6.54. The zero-order chi connectivity index (χ0) is 13.2. The van der Waals surface area contributed by atoms with Crippen molar-refractivity contribution in [3.8, 4) is 0 Å². The summed E-state index contributed by atoms with van der Waals surface area (Å²) in [5.74, 6) is 0.777. The second kappa shape index (κ2) is 5.60. The highest BCUT2D eigenvalue weighted by Crippen LogP contribution is 2.43. The highest BCUT2D eigenvalue weighted by Gasteiger charge is 2.43. The van der Waals surface area contributed by atoms with Gasteiger partial charge in [0.05, 0.1) is 6.42 Å². The van der Waals surface area contributed by atoms with Gasteiger partial charge < -0.3 is 5.11 Å². The lowest BCUT2D eigenvalue weighted by molar-refractivity contribution is -0.142. The number of nitrogens with zero attached hydrogens (tertiary/aromatic N) is 1. The molecule has 2 fully saturated rings. The first-order valence-electron chi connectivity index (χ1n) is 7.50. The molecule has 0 aromatic heterocycles. The van der Waals surface area contributed by atoms with Gasteiger partial charge in [-0.1, -0.05) is 20.3 Å². The monoisotopic (exact) mass is 253 g/mol. The zero-order valence-electron chi connectivity index (χ0n) is 11.8. The van der Waals surface area contributed by atoms with Gasteiger partial charge in [0.1, 0.15) is 0 Å². The van der Waals surface area contributed by atoms with E-state index >= 15 is 0 Å². The molecule has 0 spiro atoms. The topological polar surface area (TPSA) is 40.5 Å². The van der Waals surface area contributed by atoms with Crippen molar-refractivity contribution in [2.24, 2.45) is 11.8 Å². The van der Waals surface area contributed by atoms with Gasteiger partial charge in [0.15, 0.2) is 0 Å². The summed E-state index contributed by atoms with van der Waals surface area (Å²) in [7, 11) is 0. The third-order valence-electron chi connectivity index (χ3n) is 5.25. The first kappa shape index (κ1) is 13.9. The highest BCUT2D eigenvalue weighted by atomic mass is 16.4. The molecule has 18 heavy (non-hydrogen) atoms. The molecule has 1 saturated heterocycles. The van der Waals surface area contributed by atoms with Crippen molar-refractivity contribution in [3.63, 3.8) is 0 Å². The minimum Gasteiger partial charge on any atom is -0.481 e. The van der Waals surface area contributed by atoms with E-state index in [0.29, 0.717) is 12.3 Å². The smallest absolute Gasteiger partial charge is 0.305 e. The third kappa shape index (κ3) is 2.87. The maximum atomic E-state index is 11.3. The molecule has 2 aliphatic rings. The first-order valence-corrected chi connectivity index (χ1v) is 7.50. The quantitative estimate of drug-likeness (QED) is 0.840. The van der Waals surface area contributed by atoms with Crippen molar-refractivity contribution >= 4 is 5.97 Å². The van der Waals surface area contributed by atoms with Crippen LogP contribution in [-0.2, 0) is 4.79 Å². The van der Waals surface area contributed by atoms with E-state index in [4.69, 9.17) is 0 Å². The van der Waals surface area contributed by atoms with Crippen LogP contribution in [0.4, 0.5) is 0 Å². The fourth-order valence-electron chi connectivity index (χ4n) is 3.89. The number of carboxylic acids is 1. The molecule has 0 bridgehead atoms. The molecule has 3 nitrogen and oxygen atoms in total. The van der Waals surface area contributed by atoms with Crippen LogP contribution in [0.1, 0.15) is 58.8 Å². The van der Waals surface area contributed by atoms with Gasteiger partial charge in [0, 0.05) is 5.54 Å². The van der Waals surface area contributed by atoms with Gasteiger partial charge in [-0.2, -0.15) is 0 Å². The van der Waals surface area contributed by atoms with Crippen LogP contribution in [-0.4, -0.2) is 34.6 Å². The van der Waals surface area contributed by atoms with E-state index in [1.54, 1.807) is 0 Å². The maximum absolute atomic E-state index is 11.3. The van der Waals surface area contributed by atoms with Gasteiger partial charge in [-0.3, -0.25) is 9.69 Å². The number of likely N-dealkylation sites (tertiary alicyclic amines) is 1. The molecule has 1 saturated carbocycles. The Balaban J connectivity index is 2.14. The molecule has 1 heterocycles. The molecule has 0 aromatic rings. The third-order valence-corrected chi connectivity index (χ3v) is 5.25. The van der Waals surface area contributed by atoms with Crippen LogP contribution < -0.4 is 0 Å². The number of hydrogen-bond donors (Lipinski definition) is 1. The molecule has 0 radical (unpaired) electrons. The number of carboxylic acid groups (broad SMARTS) is 1. The van der Waals surface area contributed by atoms with Crippen molar-refractivity contribution in [1.29, 1.82) is 0 Å². The van der Waals surface area contributed by atoms with Crippen LogP contribution >= 0.6 is 0 Å². The van der Waals surface area contributed by atoms with E-state index in [-0.39, 0.29) is 5.54 Å². The minimum absolute atomic E-state index is 0.0435. The van der Waals surface area contributed by atoms with Crippen molar-refractivity contribution < 1.29 is 9.90 Å². The molecule has 3 unspecified atom stereocenters. The molecule has 1 N–H and O–H groups in total. The van der Waals surface area contributed by atoms with E-state index < -0.39 is 5.97 Å². The standard InChI is InChI=1S/C15H27NO2/c1-12-6-7-15(10-13(12)2,11-14(17)18)16-8-4-3-5-9-16/h12-13H,3-11H2,1-2H3,(H,17,18). The average Bonchev–Trinajstić information content (AvgIpc) is 2.34. The van der Waals surface area contributed by atoms with Crippen molar-refractivity contribution in [2.45, 2.75) is 64.3 Å². The Kier molecular flexibility index (Phi) is 4.31. The summed E-state index contributed by atoms with van der Waals surface area (Å²) >= 11 is 0. The Hall–Kier alpha value is -0.570. The summed E-state index contributed by atoms with van der Waals surface area (Å²) in [6.45, 7) is 6.82. The Morgan fingerprint density at radius 3 is 2.44 bits per heavy atom. The van der Waals surface area contributed by atoms with E-state index in [9.17, 15) is 9.90 Å². The summed E-state index contributed by atoms with van der Waals surface area (Å²) in [4.78, 5) is 13.8. The largest absolute Gasteiger partial charge is 0.481 e. The summed E-state index contributed by atoms with van der Waals surface area (Å²) in [5, 5.41) is 9.29. The first-order chi connectivity index (χ1) is 8.53. The molecule has 0 amide bonds. The molecule has 3 heteroatoms. The fraction of sp³-hybridized carbons (Fsp3) is 0.933. The predicted molar refractivity (Wildman–Crippen MR) is 72.6 cm³/mol. The Labute approximate surface area is 111 Å². The molecule has 1 aliphatic heterocycles. The number of hydrogen-bond acceptors (Lipinski definition) is 2. The molecule has 3 atom stereocenters. The lowest BCUT2D eigenvalue weighted by atomic mass is 9.68. The highest BCUT2D eigenvalue weighted by molar-refractivity contribution is 5.68. The van der Waals surface area contributed by atoms with E-state index in [1.807, 2.05) is 0 Å². The SMILES string of the molecule is CC1CCC(CC(=O)O)(N2CCCCC2)CC1C. The number of piperidine rings is 1.